The molecule has 0 spiro atoms. The van der Waals surface area contributed by atoms with Crippen LogP contribution in [0.2, 0.25) is 5.02 Å². The number of hydrogen-bond donors (Lipinski definition) is 1. The second-order valence-electron chi connectivity index (χ2n) is 6.37. The summed E-state index contributed by atoms with van der Waals surface area (Å²) in [6.07, 6.45) is 1.79. The number of hydrogen-bond acceptors (Lipinski definition) is 4. The van der Waals surface area contributed by atoms with E-state index in [9.17, 15) is 4.79 Å². The monoisotopic (exact) mass is 392 g/mol. The van der Waals surface area contributed by atoms with Crippen LogP contribution in [0.4, 0.5) is 5.69 Å². The summed E-state index contributed by atoms with van der Waals surface area (Å²) in [5.41, 5.74) is 3.35. The van der Waals surface area contributed by atoms with Gasteiger partial charge in [0.05, 0.1) is 0 Å². The first kappa shape index (κ1) is 18.0. The number of benzene rings is 2. The third-order valence-corrected chi connectivity index (χ3v) is 4.44. The minimum atomic E-state index is -0.182. The van der Waals surface area contributed by atoms with Gasteiger partial charge in [-0.05, 0) is 37.3 Å². The van der Waals surface area contributed by atoms with Crippen LogP contribution in [0.25, 0.3) is 23.0 Å². The fourth-order valence-corrected chi connectivity index (χ4v) is 3.01. The summed E-state index contributed by atoms with van der Waals surface area (Å²) < 4.78 is 7.18. The van der Waals surface area contributed by atoms with E-state index < -0.39 is 0 Å². The maximum atomic E-state index is 12.4. The molecule has 0 aliphatic rings. The van der Waals surface area contributed by atoms with Gasteiger partial charge in [0, 0.05) is 22.5 Å². The Balaban J connectivity index is 1.51. The molecule has 0 unspecified atom stereocenters. The van der Waals surface area contributed by atoms with Crippen LogP contribution < -0.4 is 5.32 Å². The van der Waals surface area contributed by atoms with Crippen LogP contribution in [-0.4, -0.2) is 20.6 Å². The smallest absolute Gasteiger partial charge is 0.274 e. The molecule has 2 heterocycles. The molecule has 28 heavy (non-hydrogen) atoms. The first-order valence-corrected chi connectivity index (χ1v) is 9.08. The second-order valence-corrected chi connectivity index (χ2v) is 6.81. The zero-order chi connectivity index (χ0) is 19.5. The number of aromatic nitrogens is 3. The molecule has 1 amide bonds. The van der Waals surface area contributed by atoms with Crippen molar-refractivity contribution in [1.29, 1.82) is 0 Å². The van der Waals surface area contributed by atoms with Crippen molar-refractivity contribution in [2.45, 2.75) is 13.5 Å². The van der Waals surface area contributed by atoms with Crippen molar-refractivity contribution in [1.82, 2.24) is 14.7 Å². The van der Waals surface area contributed by atoms with E-state index in [4.69, 9.17) is 16.1 Å². The SMILES string of the molecule is Cc1ccc(-c2noc(-c3cccn3CC(=O)Nc3cccc(Cl)c3)n2)cc1. The van der Waals surface area contributed by atoms with Crippen molar-refractivity contribution in [3.63, 3.8) is 0 Å². The molecule has 7 heteroatoms. The Labute approximate surface area is 166 Å². The number of amides is 1. The Morgan fingerprint density at radius 3 is 2.75 bits per heavy atom. The lowest BCUT2D eigenvalue weighted by Crippen LogP contribution is -2.18. The van der Waals surface area contributed by atoms with Crippen molar-refractivity contribution < 1.29 is 9.32 Å². The van der Waals surface area contributed by atoms with Gasteiger partial charge in [-0.2, -0.15) is 4.98 Å². The second kappa shape index (κ2) is 7.70. The predicted molar refractivity (Wildman–Crippen MR) is 108 cm³/mol. The molecule has 4 aromatic rings. The molecule has 0 saturated carbocycles. The summed E-state index contributed by atoms with van der Waals surface area (Å²) in [5.74, 6) is 0.681. The fraction of sp³-hybridized carbons (Fsp3) is 0.0952. The Bertz CT molecular complexity index is 1120. The van der Waals surface area contributed by atoms with Gasteiger partial charge in [0.1, 0.15) is 12.2 Å². The molecule has 0 radical (unpaired) electrons. The summed E-state index contributed by atoms with van der Waals surface area (Å²) in [4.78, 5) is 16.9. The highest BCUT2D eigenvalue weighted by Gasteiger charge is 2.15. The van der Waals surface area contributed by atoms with Crippen molar-refractivity contribution in [3.8, 4) is 23.0 Å². The van der Waals surface area contributed by atoms with Crippen molar-refractivity contribution in [3.05, 3.63) is 77.4 Å². The van der Waals surface area contributed by atoms with Gasteiger partial charge in [0.25, 0.3) is 5.89 Å². The first-order chi connectivity index (χ1) is 13.6. The number of aryl methyl sites for hydroxylation is 1. The average Bonchev–Trinajstić information content (AvgIpc) is 3.31. The van der Waals surface area contributed by atoms with Crippen molar-refractivity contribution >= 4 is 23.2 Å². The van der Waals surface area contributed by atoms with Gasteiger partial charge in [-0.15, -0.1) is 0 Å². The summed E-state index contributed by atoms with van der Waals surface area (Å²) >= 11 is 5.95. The summed E-state index contributed by atoms with van der Waals surface area (Å²) in [5, 5.41) is 7.44. The van der Waals surface area contributed by atoms with Crippen molar-refractivity contribution in [2.24, 2.45) is 0 Å². The summed E-state index contributed by atoms with van der Waals surface area (Å²) in [6, 6.07) is 18.6. The summed E-state index contributed by atoms with van der Waals surface area (Å²) in [6.45, 7) is 2.13. The Kier molecular flexibility index (Phi) is 4.95. The van der Waals surface area contributed by atoms with E-state index in [1.807, 2.05) is 43.3 Å². The van der Waals surface area contributed by atoms with Gasteiger partial charge in [0.2, 0.25) is 11.7 Å². The van der Waals surface area contributed by atoms with E-state index >= 15 is 0 Å². The van der Waals surface area contributed by atoms with Crippen molar-refractivity contribution in [2.75, 3.05) is 5.32 Å². The van der Waals surface area contributed by atoms with Gasteiger partial charge in [-0.1, -0.05) is 52.7 Å². The maximum absolute atomic E-state index is 12.4. The van der Waals surface area contributed by atoms with E-state index in [1.54, 1.807) is 35.0 Å². The molecule has 4 rings (SSSR count). The zero-order valence-electron chi connectivity index (χ0n) is 15.1. The lowest BCUT2D eigenvalue weighted by Gasteiger charge is -2.08. The first-order valence-electron chi connectivity index (χ1n) is 8.70. The zero-order valence-corrected chi connectivity index (χ0v) is 15.8. The topological polar surface area (TPSA) is 73.0 Å². The number of halogens is 1. The van der Waals surface area contributed by atoms with E-state index in [0.717, 1.165) is 11.1 Å². The van der Waals surface area contributed by atoms with Gasteiger partial charge >= 0.3 is 0 Å². The van der Waals surface area contributed by atoms with Crippen LogP contribution in [0.15, 0.2) is 71.4 Å². The number of rotatable bonds is 5. The van der Waals surface area contributed by atoms with Gasteiger partial charge in [-0.3, -0.25) is 4.79 Å². The van der Waals surface area contributed by atoms with Crippen LogP contribution in [0.3, 0.4) is 0 Å². The Morgan fingerprint density at radius 2 is 1.96 bits per heavy atom. The average molecular weight is 393 g/mol. The largest absolute Gasteiger partial charge is 0.334 e. The molecule has 0 aliphatic carbocycles. The normalized spacial score (nSPS) is 10.8. The molecule has 2 aromatic carbocycles. The molecule has 2 aromatic heterocycles. The third-order valence-electron chi connectivity index (χ3n) is 4.21. The van der Waals surface area contributed by atoms with Gasteiger partial charge < -0.3 is 14.4 Å². The van der Waals surface area contributed by atoms with Crippen LogP contribution >= 0.6 is 11.6 Å². The number of carbonyl (C=O) groups excluding carboxylic acids is 1. The predicted octanol–water partition coefficient (Wildman–Crippen LogP) is 4.81. The highest BCUT2D eigenvalue weighted by atomic mass is 35.5. The number of carbonyl (C=O) groups is 1. The van der Waals surface area contributed by atoms with Gasteiger partial charge in [0.15, 0.2) is 0 Å². The van der Waals surface area contributed by atoms with Crippen LogP contribution in [0.1, 0.15) is 5.56 Å². The third kappa shape index (κ3) is 3.97. The van der Waals surface area contributed by atoms with E-state index in [0.29, 0.717) is 28.1 Å². The maximum Gasteiger partial charge on any atom is 0.274 e. The summed E-state index contributed by atoms with van der Waals surface area (Å²) in [7, 11) is 0. The van der Waals surface area contributed by atoms with Gasteiger partial charge in [-0.25, -0.2) is 0 Å². The number of nitrogens with one attached hydrogen (secondary N) is 1. The molecule has 0 bridgehead atoms. The lowest BCUT2D eigenvalue weighted by atomic mass is 10.1. The van der Waals surface area contributed by atoms with E-state index in [2.05, 4.69) is 15.5 Å². The van der Waals surface area contributed by atoms with Crippen LogP contribution in [0.5, 0.6) is 0 Å². The molecule has 1 N–H and O–H groups in total. The number of anilines is 1. The molecule has 0 fully saturated rings. The standard InChI is InChI=1S/C21H17ClN4O2/c1-14-7-9-15(10-8-14)20-24-21(28-25-20)18-6-3-11-26(18)13-19(27)23-17-5-2-4-16(22)12-17/h2-12H,13H2,1H3,(H,23,27). The fourth-order valence-electron chi connectivity index (χ4n) is 2.81. The minimum Gasteiger partial charge on any atom is -0.334 e. The lowest BCUT2D eigenvalue weighted by molar-refractivity contribution is -0.116. The molecular weight excluding hydrogens is 376 g/mol. The van der Waals surface area contributed by atoms with Crippen LogP contribution in [0, 0.1) is 6.92 Å². The molecule has 6 nitrogen and oxygen atoms in total. The minimum absolute atomic E-state index is 0.108. The van der Waals surface area contributed by atoms with Crippen LogP contribution in [-0.2, 0) is 11.3 Å². The molecular formula is C21H17ClN4O2. The Hall–Kier alpha value is -3.38. The number of nitrogens with zero attached hydrogens (tertiary/aromatic N) is 3. The Morgan fingerprint density at radius 1 is 1.14 bits per heavy atom. The molecule has 0 atom stereocenters. The van der Waals surface area contributed by atoms with E-state index in [1.165, 1.54) is 0 Å². The highest BCUT2D eigenvalue weighted by Crippen LogP contribution is 2.23. The van der Waals surface area contributed by atoms with E-state index in [-0.39, 0.29) is 12.5 Å². The molecule has 0 saturated heterocycles. The highest BCUT2D eigenvalue weighted by molar-refractivity contribution is 6.30. The molecule has 140 valence electrons. The molecule has 0 aliphatic heterocycles. The quantitative estimate of drug-likeness (QED) is 0.529.